The van der Waals surface area contributed by atoms with Gasteiger partial charge in [-0.15, -0.1) is 0 Å². The number of hydrogen-bond donors (Lipinski definition) is 1. The van der Waals surface area contributed by atoms with E-state index in [2.05, 4.69) is 0 Å². The Labute approximate surface area is 94.4 Å². The highest BCUT2D eigenvalue weighted by Gasteiger charge is 2.06. The lowest BCUT2D eigenvalue weighted by atomic mass is 10.0. The van der Waals surface area contributed by atoms with Gasteiger partial charge in [0.2, 0.25) is 0 Å². The molecule has 0 bridgehead atoms. The number of nitrogens with two attached hydrogens (primary N) is 1. The fraction of sp³-hybridized carbons (Fsp3) is 0.500. The molecular formula is C12H17F2NO. The van der Waals surface area contributed by atoms with Gasteiger partial charge in [-0.2, -0.15) is 0 Å². The molecule has 0 heterocycles. The van der Waals surface area contributed by atoms with Gasteiger partial charge in [0.25, 0.3) is 0 Å². The molecule has 0 saturated carbocycles. The Bertz CT molecular complexity index is 311. The van der Waals surface area contributed by atoms with Gasteiger partial charge in [0.05, 0.1) is 0 Å². The molecule has 0 saturated heterocycles. The summed E-state index contributed by atoms with van der Waals surface area (Å²) in [4.78, 5) is 0. The van der Waals surface area contributed by atoms with E-state index in [1.165, 1.54) is 12.1 Å². The van der Waals surface area contributed by atoms with Crippen LogP contribution in [0.25, 0.3) is 0 Å². The topological polar surface area (TPSA) is 35.2 Å². The van der Waals surface area contributed by atoms with Crippen LogP contribution >= 0.6 is 0 Å². The zero-order valence-corrected chi connectivity index (χ0v) is 9.38. The van der Waals surface area contributed by atoms with Crippen LogP contribution in [-0.2, 0) is 11.2 Å². The molecule has 0 radical (unpaired) electrons. The molecule has 0 aliphatic carbocycles. The average Bonchev–Trinajstić information content (AvgIpc) is 2.16. The Morgan fingerprint density at radius 2 is 1.88 bits per heavy atom. The van der Waals surface area contributed by atoms with Gasteiger partial charge < -0.3 is 10.5 Å². The van der Waals surface area contributed by atoms with Gasteiger partial charge in [0, 0.05) is 25.8 Å². The summed E-state index contributed by atoms with van der Waals surface area (Å²) >= 11 is 0. The minimum Gasteiger partial charge on any atom is -0.385 e. The predicted octanol–water partition coefficient (Wildman–Crippen LogP) is 2.26. The Kier molecular flexibility index (Phi) is 5.35. The van der Waals surface area contributed by atoms with Crippen LogP contribution in [0.3, 0.4) is 0 Å². The van der Waals surface area contributed by atoms with Gasteiger partial charge >= 0.3 is 0 Å². The van der Waals surface area contributed by atoms with E-state index in [9.17, 15) is 8.78 Å². The minimum absolute atomic E-state index is 0.0867. The Morgan fingerprint density at radius 3 is 2.44 bits per heavy atom. The second-order valence-corrected chi connectivity index (χ2v) is 3.88. The maximum Gasteiger partial charge on any atom is 0.126 e. The number of benzene rings is 1. The summed E-state index contributed by atoms with van der Waals surface area (Å²) in [7, 11) is 1.63. The fourth-order valence-electron chi connectivity index (χ4n) is 1.62. The van der Waals surface area contributed by atoms with Gasteiger partial charge in [0.15, 0.2) is 0 Å². The van der Waals surface area contributed by atoms with Crippen LogP contribution in [0, 0.1) is 11.6 Å². The highest BCUT2D eigenvalue weighted by Crippen LogP contribution is 2.11. The van der Waals surface area contributed by atoms with Crippen molar-refractivity contribution in [3.63, 3.8) is 0 Å². The lowest BCUT2D eigenvalue weighted by molar-refractivity contribution is 0.190. The summed E-state index contributed by atoms with van der Waals surface area (Å²) in [6.07, 6.45) is 2.12. The van der Waals surface area contributed by atoms with Crippen molar-refractivity contribution in [3.8, 4) is 0 Å². The Morgan fingerprint density at radius 1 is 1.25 bits per heavy atom. The number of halogens is 2. The number of methoxy groups -OCH3 is 1. The van der Waals surface area contributed by atoms with Crippen molar-refractivity contribution >= 4 is 0 Å². The molecule has 1 rings (SSSR count). The Hall–Kier alpha value is -1.00. The molecule has 2 nitrogen and oxygen atoms in total. The second kappa shape index (κ2) is 6.55. The van der Waals surface area contributed by atoms with Crippen molar-refractivity contribution in [1.82, 2.24) is 0 Å². The molecule has 1 aromatic carbocycles. The number of hydrogen-bond acceptors (Lipinski definition) is 2. The molecule has 0 aliphatic heterocycles. The zero-order valence-electron chi connectivity index (χ0n) is 9.38. The summed E-state index contributed by atoms with van der Waals surface area (Å²) < 4.78 is 30.7. The third-order valence-electron chi connectivity index (χ3n) is 2.34. The highest BCUT2D eigenvalue weighted by atomic mass is 19.1. The van der Waals surface area contributed by atoms with Crippen molar-refractivity contribution in [2.75, 3.05) is 13.7 Å². The number of ether oxygens (including phenoxy) is 1. The van der Waals surface area contributed by atoms with Gasteiger partial charge in [-0.3, -0.25) is 0 Å². The van der Waals surface area contributed by atoms with Gasteiger partial charge in [-0.05, 0) is 37.0 Å². The average molecular weight is 229 g/mol. The maximum absolute atomic E-state index is 12.9. The quantitative estimate of drug-likeness (QED) is 0.759. The van der Waals surface area contributed by atoms with Gasteiger partial charge in [-0.1, -0.05) is 0 Å². The summed E-state index contributed by atoms with van der Waals surface area (Å²) in [5, 5.41) is 0. The first-order valence-electron chi connectivity index (χ1n) is 5.31. The fourth-order valence-corrected chi connectivity index (χ4v) is 1.62. The van der Waals surface area contributed by atoms with E-state index in [0.29, 0.717) is 18.6 Å². The molecule has 90 valence electrons. The van der Waals surface area contributed by atoms with E-state index in [0.717, 1.165) is 18.9 Å². The molecule has 0 aliphatic rings. The van der Waals surface area contributed by atoms with Crippen LogP contribution in [-0.4, -0.2) is 19.8 Å². The summed E-state index contributed by atoms with van der Waals surface area (Å²) in [6, 6.07) is 3.41. The molecule has 0 fully saturated rings. The van der Waals surface area contributed by atoms with E-state index in [-0.39, 0.29) is 6.04 Å². The third-order valence-corrected chi connectivity index (χ3v) is 2.34. The van der Waals surface area contributed by atoms with Crippen molar-refractivity contribution < 1.29 is 13.5 Å². The molecule has 4 heteroatoms. The van der Waals surface area contributed by atoms with Crippen LogP contribution in [0.1, 0.15) is 18.4 Å². The molecule has 16 heavy (non-hydrogen) atoms. The van der Waals surface area contributed by atoms with E-state index in [1.54, 1.807) is 7.11 Å². The van der Waals surface area contributed by atoms with Gasteiger partial charge in [-0.25, -0.2) is 8.78 Å². The predicted molar refractivity (Wildman–Crippen MR) is 59.1 cm³/mol. The molecule has 1 atom stereocenters. The minimum atomic E-state index is -0.556. The van der Waals surface area contributed by atoms with Crippen molar-refractivity contribution in [1.29, 1.82) is 0 Å². The van der Waals surface area contributed by atoms with Crippen molar-refractivity contribution in [3.05, 3.63) is 35.4 Å². The first-order chi connectivity index (χ1) is 7.61. The summed E-state index contributed by atoms with van der Waals surface area (Å²) in [5.74, 6) is -1.11. The molecule has 0 aromatic heterocycles. The van der Waals surface area contributed by atoms with E-state index in [1.807, 2.05) is 0 Å². The smallest absolute Gasteiger partial charge is 0.126 e. The second-order valence-electron chi connectivity index (χ2n) is 3.88. The van der Waals surface area contributed by atoms with Crippen molar-refractivity contribution in [2.45, 2.75) is 25.3 Å². The van der Waals surface area contributed by atoms with Crippen LogP contribution < -0.4 is 5.73 Å². The lowest BCUT2D eigenvalue weighted by Crippen LogP contribution is -2.23. The van der Waals surface area contributed by atoms with Crippen LogP contribution in [0.4, 0.5) is 8.78 Å². The molecule has 1 aromatic rings. The number of rotatable bonds is 6. The lowest BCUT2D eigenvalue weighted by Gasteiger charge is -2.11. The van der Waals surface area contributed by atoms with E-state index >= 15 is 0 Å². The molecule has 2 N–H and O–H groups in total. The van der Waals surface area contributed by atoms with Crippen molar-refractivity contribution in [2.24, 2.45) is 5.73 Å². The van der Waals surface area contributed by atoms with Crippen LogP contribution in [0.2, 0.25) is 0 Å². The first-order valence-corrected chi connectivity index (χ1v) is 5.31. The molecule has 0 amide bonds. The highest BCUT2D eigenvalue weighted by molar-refractivity contribution is 5.18. The first kappa shape index (κ1) is 13.1. The largest absolute Gasteiger partial charge is 0.385 e. The normalized spacial score (nSPS) is 12.8. The van der Waals surface area contributed by atoms with Gasteiger partial charge in [0.1, 0.15) is 11.6 Å². The van der Waals surface area contributed by atoms with E-state index < -0.39 is 11.6 Å². The van der Waals surface area contributed by atoms with Crippen LogP contribution in [0.5, 0.6) is 0 Å². The monoisotopic (exact) mass is 229 g/mol. The zero-order chi connectivity index (χ0) is 12.0. The maximum atomic E-state index is 12.9. The summed E-state index contributed by atoms with van der Waals surface area (Å²) in [6.45, 7) is 0.658. The summed E-state index contributed by atoms with van der Waals surface area (Å²) in [5.41, 5.74) is 6.45. The third kappa shape index (κ3) is 4.68. The van der Waals surface area contributed by atoms with E-state index in [4.69, 9.17) is 10.5 Å². The Balaban J connectivity index is 2.45. The molecular weight excluding hydrogens is 212 g/mol. The van der Waals surface area contributed by atoms with Crippen LogP contribution in [0.15, 0.2) is 18.2 Å². The standard InChI is InChI=1S/C12H17F2NO/c1-16-4-2-3-12(15)7-9-5-10(13)8-11(14)6-9/h5-6,8,12H,2-4,7,15H2,1H3. The SMILES string of the molecule is COCCCC(N)Cc1cc(F)cc(F)c1. The molecule has 1 unspecified atom stereocenters. The molecule has 0 spiro atoms.